The number of carbonyl (C=O) groups is 1. The largest absolute Gasteiger partial charge is 0.478 e. The van der Waals surface area contributed by atoms with E-state index in [9.17, 15) is 4.79 Å². The Morgan fingerprint density at radius 1 is 1.62 bits per heavy atom. The minimum atomic E-state index is -0.994. The van der Waals surface area contributed by atoms with Crippen molar-refractivity contribution in [2.45, 2.75) is 6.92 Å². The Morgan fingerprint density at radius 3 is 3.08 bits per heavy atom. The first kappa shape index (κ1) is 7.72. The van der Waals surface area contributed by atoms with Crippen LogP contribution >= 0.6 is 0 Å². The Bertz CT molecular complexity index is 475. The van der Waals surface area contributed by atoms with Crippen molar-refractivity contribution in [1.29, 1.82) is 0 Å². The van der Waals surface area contributed by atoms with E-state index in [1.165, 1.54) is 6.20 Å². The smallest absolute Gasteiger partial charge is 0.339 e. The van der Waals surface area contributed by atoms with Crippen molar-refractivity contribution in [2.24, 2.45) is 0 Å². The Morgan fingerprint density at radius 2 is 2.38 bits per heavy atom. The van der Waals surface area contributed by atoms with Gasteiger partial charge in [0.2, 0.25) is 0 Å². The first-order valence-corrected chi connectivity index (χ1v) is 3.72. The van der Waals surface area contributed by atoms with E-state index >= 15 is 0 Å². The fourth-order valence-electron chi connectivity index (χ4n) is 1.14. The van der Waals surface area contributed by atoms with Crippen LogP contribution in [0.4, 0.5) is 0 Å². The highest BCUT2D eigenvalue weighted by atomic mass is 16.4. The number of hydrogen-bond acceptors (Lipinski definition) is 3. The average molecular weight is 177 g/mol. The molecule has 0 saturated carbocycles. The van der Waals surface area contributed by atoms with Gasteiger partial charge >= 0.3 is 5.97 Å². The summed E-state index contributed by atoms with van der Waals surface area (Å²) in [6.45, 7) is 1.77. The number of carboxylic acid groups (broad SMARTS) is 1. The maximum absolute atomic E-state index is 10.7. The SMILES string of the molecule is Cc1cnc2[nH]cc(C(=O)O)c2n1. The number of aryl methyl sites for hydroxylation is 1. The van der Waals surface area contributed by atoms with Crippen LogP contribution in [0.2, 0.25) is 0 Å². The van der Waals surface area contributed by atoms with Crippen LogP contribution in [0.25, 0.3) is 11.2 Å². The maximum atomic E-state index is 10.7. The first-order valence-electron chi connectivity index (χ1n) is 3.72. The third kappa shape index (κ3) is 1.14. The Kier molecular flexibility index (Phi) is 1.51. The molecule has 5 nitrogen and oxygen atoms in total. The lowest BCUT2D eigenvalue weighted by Crippen LogP contribution is -1.96. The minimum absolute atomic E-state index is 0.159. The number of rotatable bonds is 1. The first-order chi connectivity index (χ1) is 6.18. The lowest BCUT2D eigenvalue weighted by molar-refractivity contribution is 0.0699. The van der Waals surface area contributed by atoms with Gasteiger partial charge in [-0.1, -0.05) is 0 Å². The average Bonchev–Trinajstić information content (AvgIpc) is 2.46. The maximum Gasteiger partial charge on any atom is 0.339 e. The summed E-state index contributed by atoms with van der Waals surface area (Å²) < 4.78 is 0. The van der Waals surface area contributed by atoms with Crippen LogP contribution in [-0.4, -0.2) is 26.0 Å². The van der Waals surface area contributed by atoms with Crippen LogP contribution in [0.5, 0.6) is 0 Å². The third-order valence-corrected chi connectivity index (χ3v) is 1.73. The summed E-state index contributed by atoms with van der Waals surface area (Å²) in [4.78, 5) is 21.5. The summed E-state index contributed by atoms with van der Waals surface area (Å²) in [5.74, 6) is -0.994. The number of nitrogens with zero attached hydrogens (tertiary/aromatic N) is 2. The van der Waals surface area contributed by atoms with Crippen LogP contribution in [0, 0.1) is 6.92 Å². The van der Waals surface area contributed by atoms with Crippen molar-refractivity contribution >= 4 is 17.1 Å². The number of hydrogen-bond donors (Lipinski definition) is 2. The predicted octanol–water partition coefficient (Wildman–Crippen LogP) is 0.965. The van der Waals surface area contributed by atoms with E-state index in [1.54, 1.807) is 13.1 Å². The Hall–Kier alpha value is -1.91. The molecule has 2 aromatic rings. The summed E-state index contributed by atoms with van der Waals surface area (Å²) in [5, 5.41) is 8.77. The van der Waals surface area contributed by atoms with Gasteiger partial charge in [0.1, 0.15) is 11.1 Å². The van der Waals surface area contributed by atoms with Gasteiger partial charge < -0.3 is 10.1 Å². The molecule has 0 saturated heterocycles. The molecule has 0 amide bonds. The van der Waals surface area contributed by atoms with E-state index in [0.717, 1.165) is 0 Å². The molecule has 2 rings (SSSR count). The van der Waals surface area contributed by atoms with Crippen LogP contribution < -0.4 is 0 Å². The van der Waals surface area contributed by atoms with Crippen molar-refractivity contribution in [1.82, 2.24) is 15.0 Å². The highest BCUT2D eigenvalue weighted by Crippen LogP contribution is 2.13. The topological polar surface area (TPSA) is 78.9 Å². The van der Waals surface area contributed by atoms with Crippen molar-refractivity contribution in [3.05, 3.63) is 23.7 Å². The monoisotopic (exact) mass is 177 g/mol. The molecule has 0 fully saturated rings. The lowest BCUT2D eigenvalue weighted by atomic mass is 10.3. The molecule has 13 heavy (non-hydrogen) atoms. The molecule has 0 aliphatic heterocycles. The molecule has 0 radical (unpaired) electrons. The van der Waals surface area contributed by atoms with Crippen LogP contribution in [-0.2, 0) is 0 Å². The number of fused-ring (bicyclic) bond motifs is 1. The minimum Gasteiger partial charge on any atom is -0.478 e. The third-order valence-electron chi connectivity index (χ3n) is 1.73. The Balaban J connectivity index is 2.79. The molecule has 0 unspecified atom stereocenters. The molecule has 0 bridgehead atoms. The zero-order valence-corrected chi connectivity index (χ0v) is 6.90. The molecule has 0 aliphatic carbocycles. The normalized spacial score (nSPS) is 10.5. The van der Waals surface area contributed by atoms with Crippen LogP contribution in [0.1, 0.15) is 16.1 Å². The van der Waals surface area contributed by atoms with Gasteiger partial charge in [-0.25, -0.2) is 14.8 Å². The van der Waals surface area contributed by atoms with Gasteiger partial charge in [0.25, 0.3) is 0 Å². The fourth-order valence-corrected chi connectivity index (χ4v) is 1.14. The van der Waals surface area contributed by atoms with Crippen molar-refractivity contribution in [2.75, 3.05) is 0 Å². The van der Waals surface area contributed by atoms with Crippen molar-refractivity contribution in [3.63, 3.8) is 0 Å². The molecule has 0 aliphatic rings. The standard InChI is InChI=1S/C8H7N3O2/c1-4-2-9-7-6(11-4)5(3-10-7)8(12)13/h2-3H,1H3,(H,9,10)(H,12,13). The molecule has 0 spiro atoms. The van der Waals surface area contributed by atoms with E-state index in [1.807, 2.05) is 0 Å². The summed E-state index contributed by atoms with van der Waals surface area (Å²) in [6, 6.07) is 0. The highest BCUT2D eigenvalue weighted by Gasteiger charge is 2.11. The summed E-state index contributed by atoms with van der Waals surface area (Å²) in [6.07, 6.45) is 2.98. The van der Waals surface area contributed by atoms with E-state index < -0.39 is 5.97 Å². The van der Waals surface area contributed by atoms with E-state index in [0.29, 0.717) is 16.9 Å². The summed E-state index contributed by atoms with van der Waals surface area (Å²) in [5.41, 5.74) is 1.77. The molecule has 2 N–H and O–H groups in total. The number of aromatic amines is 1. The Labute approximate surface area is 73.4 Å². The van der Waals surface area contributed by atoms with E-state index in [2.05, 4.69) is 15.0 Å². The number of carboxylic acids is 1. The van der Waals surface area contributed by atoms with Crippen molar-refractivity contribution < 1.29 is 9.90 Å². The van der Waals surface area contributed by atoms with Gasteiger partial charge in [0, 0.05) is 6.20 Å². The predicted molar refractivity (Wildman–Crippen MR) is 45.6 cm³/mol. The molecular formula is C8H7N3O2. The lowest BCUT2D eigenvalue weighted by Gasteiger charge is -1.92. The molecule has 0 atom stereocenters. The number of aromatic carboxylic acids is 1. The number of H-pyrrole nitrogens is 1. The molecule has 2 aromatic heterocycles. The fraction of sp³-hybridized carbons (Fsp3) is 0.125. The molecule has 66 valence electrons. The van der Waals surface area contributed by atoms with E-state index in [4.69, 9.17) is 5.11 Å². The van der Waals surface area contributed by atoms with Gasteiger partial charge in [-0.15, -0.1) is 0 Å². The van der Waals surface area contributed by atoms with Gasteiger partial charge in [-0.3, -0.25) is 0 Å². The zero-order chi connectivity index (χ0) is 9.42. The van der Waals surface area contributed by atoms with Gasteiger partial charge in [0.05, 0.1) is 11.9 Å². The van der Waals surface area contributed by atoms with Crippen molar-refractivity contribution in [3.8, 4) is 0 Å². The van der Waals surface area contributed by atoms with E-state index in [-0.39, 0.29) is 5.56 Å². The number of aromatic nitrogens is 3. The van der Waals surface area contributed by atoms with Gasteiger partial charge in [-0.2, -0.15) is 0 Å². The van der Waals surface area contributed by atoms with Crippen LogP contribution in [0.15, 0.2) is 12.4 Å². The highest BCUT2D eigenvalue weighted by molar-refractivity contribution is 6.00. The summed E-state index contributed by atoms with van der Waals surface area (Å²) >= 11 is 0. The second kappa shape index (κ2) is 2.55. The van der Waals surface area contributed by atoms with Gasteiger partial charge in [-0.05, 0) is 6.92 Å². The quantitative estimate of drug-likeness (QED) is 0.680. The summed E-state index contributed by atoms with van der Waals surface area (Å²) in [7, 11) is 0. The number of nitrogens with one attached hydrogen (secondary N) is 1. The zero-order valence-electron chi connectivity index (χ0n) is 6.90. The molecule has 0 aromatic carbocycles. The molecule has 2 heterocycles. The van der Waals surface area contributed by atoms with Crippen LogP contribution in [0.3, 0.4) is 0 Å². The molecular weight excluding hydrogens is 170 g/mol. The molecule has 5 heteroatoms. The van der Waals surface area contributed by atoms with Gasteiger partial charge in [0.15, 0.2) is 5.65 Å². The second-order valence-electron chi connectivity index (χ2n) is 2.72. The second-order valence-corrected chi connectivity index (χ2v) is 2.72.